The number of alkyl halides is 3. The van der Waals surface area contributed by atoms with Crippen LogP contribution in [0.5, 0.6) is 5.75 Å². The molecule has 0 radical (unpaired) electrons. The first kappa shape index (κ1) is 16.8. The van der Waals surface area contributed by atoms with E-state index in [1.54, 1.807) is 12.1 Å². The van der Waals surface area contributed by atoms with Crippen molar-refractivity contribution in [2.45, 2.75) is 32.3 Å². The number of halogens is 3. The van der Waals surface area contributed by atoms with Gasteiger partial charge in [-0.15, -0.1) is 13.2 Å². The second kappa shape index (κ2) is 6.45. The molecule has 0 bridgehead atoms. The average Bonchev–Trinajstić information content (AvgIpc) is 2.26. The van der Waals surface area contributed by atoms with Gasteiger partial charge < -0.3 is 15.0 Å². The van der Waals surface area contributed by atoms with Gasteiger partial charge in [0.2, 0.25) is 0 Å². The number of ether oxygens (including phenoxy) is 1. The molecular weight excluding hydrogens is 269 g/mol. The molecule has 0 saturated heterocycles. The highest BCUT2D eigenvalue weighted by atomic mass is 19.4. The van der Waals surface area contributed by atoms with Crippen LogP contribution in [0.1, 0.15) is 19.4 Å². The molecule has 0 fully saturated rings. The summed E-state index contributed by atoms with van der Waals surface area (Å²) in [6.07, 6.45) is -4.65. The Balaban J connectivity index is 2.55. The van der Waals surface area contributed by atoms with E-state index >= 15 is 0 Å². The van der Waals surface area contributed by atoms with Gasteiger partial charge in [0.25, 0.3) is 0 Å². The molecule has 3 nitrogen and oxygen atoms in total. The molecular formula is C14H21F3N2O. The summed E-state index contributed by atoms with van der Waals surface area (Å²) >= 11 is 0. The lowest BCUT2D eigenvalue weighted by atomic mass is 10.0. The molecule has 0 aromatic heterocycles. The third-order valence-corrected chi connectivity index (χ3v) is 3.23. The number of hydrogen-bond donors (Lipinski definition) is 1. The molecule has 1 rings (SSSR count). The maximum atomic E-state index is 12.1. The first-order chi connectivity index (χ1) is 9.10. The van der Waals surface area contributed by atoms with E-state index in [1.807, 2.05) is 14.1 Å². The van der Waals surface area contributed by atoms with Gasteiger partial charge in [0.15, 0.2) is 0 Å². The monoisotopic (exact) mass is 290 g/mol. The van der Waals surface area contributed by atoms with Crippen LogP contribution in [0.3, 0.4) is 0 Å². The van der Waals surface area contributed by atoms with E-state index in [0.717, 1.165) is 12.1 Å². The van der Waals surface area contributed by atoms with Gasteiger partial charge in [0.05, 0.1) is 0 Å². The maximum absolute atomic E-state index is 12.1. The largest absolute Gasteiger partial charge is 0.573 e. The molecule has 6 heteroatoms. The molecule has 0 aliphatic carbocycles. The van der Waals surface area contributed by atoms with Crippen molar-refractivity contribution in [1.29, 1.82) is 0 Å². The van der Waals surface area contributed by atoms with Crippen LogP contribution in [0.2, 0.25) is 0 Å². The quantitative estimate of drug-likeness (QED) is 0.871. The lowest BCUT2D eigenvalue weighted by Gasteiger charge is -2.32. The van der Waals surface area contributed by atoms with Crippen LogP contribution in [0.15, 0.2) is 24.3 Å². The van der Waals surface area contributed by atoms with Gasteiger partial charge in [-0.2, -0.15) is 0 Å². The predicted molar refractivity (Wildman–Crippen MR) is 72.6 cm³/mol. The summed E-state index contributed by atoms with van der Waals surface area (Å²) in [5.41, 5.74) is 0.724. The van der Waals surface area contributed by atoms with Crippen LogP contribution in [-0.4, -0.2) is 37.4 Å². The highest BCUT2D eigenvalue weighted by Crippen LogP contribution is 2.23. The first-order valence-corrected chi connectivity index (χ1v) is 6.33. The molecule has 0 heterocycles. The van der Waals surface area contributed by atoms with Gasteiger partial charge in [0, 0.05) is 18.6 Å². The molecule has 1 aromatic rings. The molecule has 0 unspecified atom stereocenters. The topological polar surface area (TPSA) is 24.5 Å². The van der Waals surface area contributed by atoms with Crippen molar-refractivity contribution in [1.82, 2.24) is 10.2 Å². The maximum Gasteiger partial charge on any atom is 0.573 e. The van der Waals surface area contributed by atoms with Gasteiger partial charge in [-0.1, -0.05) is 12.1 Å². The van der Waals surface area contributed by atoms with Crippen molar-refractivity contribution in [3.63, 3.8) is 0 Å². The zero-order valence-electron chi connectivity index (χ0n) is 12.2. The van der Waals surface area contributed by atoms with E-state index in [4.69, 9.17) is 0 Å². The Bertz CT molecular complexity index is 431. The molecule has 0 amide bonds. The molecule has 114 valence electrons. The number of hydrogen-bond acceptors (Lipinski definition) is 3. The fourth-order valence-electron chi connectivity index (χ4n) is 1.52. The van der Waals surface area contributed by atoms with E-state index in [-0.39, 0.29) is 11.3 Å². The lowest BCUT2D eigenvalue weighted by molar-refractivity contribution is -0.274. The van der Waals surface area contributed by atoms with E-state index in [1.165, 1.54) is 12.1 Å². The third kappa shape index (κ3) is 5.79. The minimum atomic E-state index is -4.65. The standard InChI is InChI=1S/C14H21F3N2O/c1-13(2,19(3)4)10-18-9-11-6-5-7-12(8-11)20-14(15,16)17/h5-8,18H,9-10H2,1-4H3. The zero-order valence-corrected chi connectivity index (χ0v) is 12.2. The second-order valence-electron chi connectivity index (χ2n) is 5.51. The molecule has 20 heavy (non-hydrogen) atoms. The SMILES string of the molecule is CN(C)C(C)(C)CNCc1cccc(OC(F)(F)F)c1. The van der Waals surface area contributed by atoms with Crippen molar-refractivity contribution < 1.29 is 17.9 Å². The van der Waals surface area contributed by atoms with E-state index < -0.39 is 6.36 Å². The summed E-state index contributed by atoms with van der Waals surface area (Å²) in [6.45, 7) is 5.39. The lowest BCUT2D eigenvalue weighted by Crippen LogP contribution is -2.46. The highest BCUT2D eigenvalue weighted by molar-refractivity contribution is 5.28. The number of nitrogens with one attached hydrogen (secondary N) is 1. The van der Waals surface area contributed by atoms with Crippen molar-refractivity contribution in [3.8, 4) is 5.75 Å². The third-order valence-electron chi connectivity index (χ3n) is 3.23. The molecule has 1 N–H and O–H groups in total. The van der Waals surface area contributed by atoms with Gasteiger partial charge in [-0.25, -0.2) is 0 Å². The highest BCUT2D eigenvalue weighted by Gasteiger charge is 2.31. The van der Waals surface area contributed by atoms with Crippen LogP contribution in [0.4, 0.5) is 13.2 Å². The first-order valence-electron chi connectivity index (χ1n) is 6.33. The number of nitrogens with zero attached hydrogens (tertiary/aromatic N) is 1. The summed E-state index contributed by atoms with van der Waals surface area (Å²) in [5.74, 6) is -0.191. The summed E-state index contributed by atoms with van der Waals surface area (Å²) in [7, 11) is 3.97. The molecule has 0 atom stereocenters. The van der Waals surface area contributed by atoms with E-state index in [9.17, 15) is 13.2 Å². The van der Waals surface area contributed by atoms with E-state index in [2.05, 4.69) is 28.8 Å². The summed E-state index contributed by atoms with van der Waals surface area (Å²) < 4.78 is 40.3. The number of rotatable bonds is 6. The normalized spacial score (nSPS) is 12.8. The van der Waals surface area contributed by atoms with E-state index in [0.29, 0.717) is 6.54 Å². The molecule has 1 aromatic carbocycles. The van der Waals surface area contributed by atoms with Crippen LogP contribution >= 0.6 is 0 Å². The molecule has 0 aliphatic rings. The van der Waals surface area contributed by atoms with Crippen LogP contribution in [0.25, 0.3) is 0 Å². The fraction of sp³-hybridized carbons (Fsp3) is 0.571. The van der Waals surface area contributed by atoms with Crippen molar-refractivity contribution in [2.75, 3.05) is 20.6 Å². The average molecular weight is 290 g/mol. The van der Waals surface area contributed by atoms with Crippen LogP contribution < -0.4 is 10.1 Å². The minimum absolute atomic E-state index is 0.0277. The Kier molecular flexibility index (Phi) is 5.42. The Morgan fingerprint density at radius 2 is 1.85 bits per heavy atom. The molecule has 0 spiro atoms. The summed E-state index contributed by atoms with van der Waals surface area (Å²) in [5, 5.41) is 3.23. The van der Waals surface area contributed by atoms with Gasteiger partial charge in [-0.05, 0) is 45.6 Å². The molecule has 0 aliphatic heterocycles. The number of benzene rings is 1. The summed E-state index contributed by atoms with van der Waals surface area (Å²) in [4.78, 5) is 2.09. The Hall–Kier alpha value is -1.27. The van der Waals surface area contributed by atoms with Crippen LogP contribution in [0, 0.1) is 0 Å². The summed E-state index contributed by atoms with van der Waals surface area (Å²) in [6, 6.07) is 6.00. The predicted octanol–water partition coefficient (Wildman–Crippen LogP) is 3.02. The fourth-order valence-corrected chi connectivity index (χ4v) is 1.52. The Labute approximate surface area is 117 Å². The number of likely N-dealkylation sites (N-methyl/N-ethyl adjacent to an activating group) is 1. The van der Waals surface area contributed by atoms with Gasteiger partial charge in [-0.3, -0.25) is 0 Å². The smallest absolute Gasteiger partial charge is 0.406 e. The van der Waals surface area contributed by atoms with Gasteiger partial charge >= 0.3 is 6.36 Å². The second-order valence-corrected chi connectivity index (χ2v) is 5.51. The van der Waals surface area contributed by atoms with Gasteiger partial charge in [0.1, 0.15) is 5.75 Å². The van der Waals surface area contributed by atoms with Crippen LogP contribution in [-0.2, 0) is 6.54 Å². The minimum Gasteiger partial charge on any atom is -0.406 e. The zero-order chi connectivity index (χ0) is 15.4. The van der Waals surface area contributed by atoms with Crippen molar-refractivity contribution in [3.05, 3.63) is 29.8 Å². The Morgan fingerprint density at radius 3 is 2.40 bits per heavy atom. The van der Waals surface area contributed by atoms with Crippen molar-refractivity contribution >= 4 is 0 Å². The molecule has 0 saturated carbocycles. The Morgan fingerprint density at radius 1 is 1.20 bits per heavy atom. The van der Waals surface area contributed by atoms with Crippen molar-refractivity contribution in [2.24, 2.45) is 0 Å².